The minimum Gasteiger partial charge on any atom is -0.330 e. The molecule has 1 heterocycles. The van der Waals surface area contributed by atoms with Gasteiger partial charge in [-0.2, -0.15) is 0 Å². The van der Waals surface area contributed by atoms with Crippen molar-refractivity contribution in [3.05, 3.63) is 29.6 Å². The van der Waals surface area contributed by atoms with E-state index in [9.17, 15) is 0 Å². The van der Waals surface area contributed by atoms with E-state index in [2.05, 4.69) is 41.9 Å². The molecule has 2 N–H and O–H groups in total. The van der Waals surface area contributed by atoms with E-state index in [0.29, 0.717) is 0 Å². The predicted octanol–water partition coefficient (Wildman–Crippen LogP) is 2.59. The van der Waals surface area contributed by atoms with Crippen molar-refractivity contribution in [3.8, 4) is 0 Å². The molecule has 0 spiro atoms. The van der Waals surface area contributed by atoms with Crippen LogP contribution >= 0.6 is 0 Å². The van der Waals surface area contributed by atoms with Crippen LogP contribution in [0, 0.1) is 18.8 Å². The molecule has 3 heteroatoms. The lowest BCUT2D eigenvalue weighted by Crippen LogP contribution is -2.33. The van der Waals surface area contributed by atoms with Crippen LogP contribution in [0.1, 0.15) is 37.6 Å². The number of pyridine rings is 1. The van der Waals surface area contributed by atoms with E-state index in [1.807, 2.05) is 0 Å². The Morgan fingerprint density at radius 1 is 1.32 bits per heavy atom. The molecule has 1 fully saturated rings. The van der Waals surface area contributed by atoms with Crippen LogP contribution < -0.4 is 5.73 Å². The molecule has 0 aromatic carbocycles. The molecular weight excluding hydrogens is 234 g/mol. The molecule has 19 heavy (non-hydrogen) atoms. The van der Waals surface area contributed by atoms with Gasteiger partial charge < -0.3 is 5.73 Å². The standard InChI is InChI=1S/C16H27N3/c1-3-19(11-15-8-5-7-14(15)10-17)12-16-9-4-6-13(2)18-16/h4,6,9,14-15H,3,5,7-8,10-12,17H2,1-2H3. The molecule has 2 rings (SSSR count). The van der Waals surface area contributed by atoms with Crippen LogP contribution in [0.5, 0.6) is 0 Å². The maximum Gasteiger partial charge on any atom is 0.0547 e. The topological polar surface area (TPSA) is 42.2 Å². The van der Waals surface area contributed by atoms with Crippen LogP contribution in [0.4, 0.5) is 0 Å². The lowest BCUT2D eigenvalue weighted by Gasteiger charge is -2.27. The first-order valence-electron chi connectivity index (χ1n) is 7.58. The Hall–Kier alpha value is -0.930. The van der Waals surface area contributed by atoms with Gasteiger partial charge >= 0.3 is 0 Å². The van der Waals surface area contributed by atoms with Crippen LogP contribution in [0.3, 0.4) is 0 Å². The van der Waals surface area contributed by atoms with Gasteiger partial charge in [-0.3, -0.25) is 9.88 Å². The Labute approximate surface area is 117 Å². The zero-order chi connectivity index (χ0) is 13.7. The van der Waals surface area contributed by atoms with Crippen molar-refractivity contribution in [2.45, 2.75) is 39.7 Å². The van der Waals surface area contributed by atoms with Crippen molar-refractivity contribution < 1.29 is 0 Å². The van der Waals surface area contributed by atoms with Gasteiger partial charge in [0.15, 0.2) is 0 Å². The summed E-state index contributed by atoms with van der Waals surface area (Å²) in [5, 5.41) is 0. The van der Waals surface area contributed by atoms with Gasteiger partial charge in [-0.25, -0.2) is 0 Å². The third-order valence-electron chi connectivity index (χ3n) is 4.39. The first-order chi connectivity index (χ1) is 9.22. The maximum absolute atomic E-state index is 5.88. The molecule has 0 saturated heterocycles. The van der Waals surface area contributed by atoms with E-state index in [4.69, 9.17) is 5.73 Å². The molecule has 0 aliphatic heterocycles. The molecule has 1 saturated carbocycles. The fraction of sp³-hybridized carbons (Fsp3) is 0.688. The highest BCUT2D eigenvalue weighted by Crippen LogP contribution is 2.31. The minimum absolute atomic E-state index is 0.736. The van der Waals surface area contributed by atoms with Gasteiger partial charge in [0.2, 0.25) is 0 Å². The van der Waals surface area contributed by atoms with Crippen LogP contribution in [0.25, 0.3) is 0 Å². The van der Waals surface area contributed by atoms with Gasteiger partial charge in [-0.05, 0) is 56.8 Å². The summed E-state index contributed by atoms with van der Waals surface area (Å²) >= 11 is 0. The van der Waals surface area contributed by atoms with E-state index in [-0.39, 0.29) is 0 Å². The van der Waals surface area contributed by atoms with Crippen molar-refractivity contribution >= 4 is 0 Å². The van der Waals surface area contributed by atoms with Crippen LogP contribution in [0.2, 0.25) is 0 Å². The Kier molecular flexibility index (Phi) is 5.34. The van der Waals surface area contributed by atoms with Gasteiger partial charge in [-0.15, -0.1) is 0 Å². The van der Waals surface area contributed by atoms with Crippen LogP contribution in [0.15, 0.2) is 18.2 Å². The quantitative estimate of drug-likeness (QED) is 0.856. The fourth-order valence-electron chi connectivity index (χ4n) is 3.22. The fourth-order valence-corrected chi connectivity index (χ4v) is 3.22. The van der Waals surface area contributed by atoms with Crippen molar-refractivity contribution in [2.75, 3.05) is 19.6 Å². The zero-order valence-corrected chi connectivity index (χ0v) is 12.3. The first kappa shape index (κ1) is 14.5. The first-order valence-corrected chi connectivity index (χ1v) is 7.58. The average molecular weight is 261 g/mol. The number of aryl methyl sites for hydroxylation is 1. The van der Waals surface area contributed by atoms with Gasteiger partial charge in [0, 0.05) is 18.8 Å². The third-order valence-corrected chi connectivity index (χ3v) is 4.39. The summed E-state index contributed by atoms with van der Waals surface area (Å²) in [6.07, 6.45) is 4.02. The number of nitrogens with two attached hydrogens (primary N) is 1. The van der Waals surface area contributed by atoms with Crippen LogP contribution in [-0.4, -0.2) is 29.5 Å². The molecule has 0 radical (unpaired) electrons. The highest BCUT2D eigenvalue weighted by molar-refractivity contribution is 5.09. The van der Waals surface area contributed by atoms with Gasteiger partial charge in [0.25, 0.3) is 0 Å². The highest BCUT2D eigenvalue weighted by Gasteiger charge is 2.27. The molecule has 2 atom stereocenters. The second kappa shape index (κ2) is 7.01. The SMILES string of the molecule is CCN(Cc1cccc(C)n1)CC1CCCC1CN. The second-order valence-electron chi connectivity index (χ2n) is 5.78. The van der Waals surface area contributed by atoms with Gasteiger partial charge in [0.1, 0.15) is 0 Å². The maximum atomic E-state index is 5.88. The monoisotopic (exact) mass is 261 g/mol. The van der Waals surface area contributed by atoms with E-state index in [1.54, 1.807) is 0 Å². The lowest BCUT2D eigenvalue weighted by atomic mass is 9.95. The predicted molar refractivity (Wildman–Crippen MR) is 79.8 cm³/mol. The molecule has 1 aliphatic rings. The van der Waals surface area contributed by atoms with E-state index < -0.39 is 0 Å². The lowest BCUT2D eigenvalue weighted by molar-refractivity contribution is 0.206. The van der Waals surface area contributed by atoms with Crippen LogP contribution in [-0.2, 0) is 6.54 Å². The summed E-state index contributed by atoms with van der Waals surface area (Å²) in [7, 11) is 0. The highest BCUT2D eigenvalue weighted by atomic mass is 15.1. The molecule has 3 nitrogen and oxygen atoms in total. The molecule has 1 aliphatic carbocycles. The van der Waals surface area contributed by atoms with Crippen molar-refractivity contribution in [1.82, 2.24) is 9.88 Å². The smallest absolute Gasteiger partial charge is 0.0547 e. The molecule has 0 amide bonds. The normalized spacial score (nSPS) is 23.2. The minimum atomic E-state index is 0.736. The number of rotatable bonds is 6. The largest absolute Gasteiger partial charge is 0.330 e. The molecule has 1 aromatic rings. The van der Waals surface area contributed by atoms with Gasteiger partial charge in [-0.1, -0.05) is 19.4 Å². The number of hydrogen-bond donors (Lipinski definition) is 1. The summed E-state index contributed by atoms with van der Waals surface area (Å²) < 4.78 is 0. The van der Waals surface area contributed by atoms with Gasteiger partial charge in [0.05, 0.1) is 5.69 Å². The van der Waals surface area contributed by atoms with Crippen molar-refractivity contribution in [1.29, 1.82) is 0 Å². The molecule has 106 valence electrons. The summed E-state index contributed by atoms with van der Waals surface area (Å²) in [5.41, 5.74) is 8.17. The number of hydrogen-bond acceptors (Lipinski definition) is 3. The summed E-state index contributed by atoms with van der Waals surface area (Å²) in [6.45, 7) is 8.37. The Morgan fingerprint density at radius 3 is 2.79 bits per heavy atom. The third kappa shape index (κ3) is 4.02. The second-order valence-corrected chi connectivity index (χ2v) is 5.78. The number of aromatic nitrogens is 1. The Morgan fingerprint density at radius 2 is 2.11 bits per heavy atom. The molecular formula is C16H27N3. The van der Waals surface area contributed by atoms with E-state index in [0.717, 1.165) is 37.2 Å². The molecule has 0 bridgehead atoms. The summed E-state index contributed by atoms with van der Waals surface area (Å²) in [5.74, 6) is 1.52. The zero-order valence-electron chi connectivity index (χ0n) is 12.3. The Bertz CT molecular complexity index is 391. The number of nitrogens with zero attached hydrogens (tertiary/aromatic N) is 2. The van der Waals surface area contributed by atoms with E-state index >= 15 is 0 Å². The summed E-state index contributed by atoms with van der Waals surface area (Å²) in [4.78, 5) is 7.12. The summed E-state index contributed by atoms with van der Waals surface area (Å²) in [6, 6.07) is 6.29. The Balaban J connectivity index is 1.93. The van der Waals surface area contributed by atoms with Crippen molar-refractivity contribution in [2.24, 2.45) is 17.6 Å². The van der Waals surface area contributed by atoms with E-state index in [1.165, 1.54) is 31.5 Å². The van der Waals surface area contributed by atoms with Crippen molar-refractivity contribution in [3.63, 3.8) is 0 Å². The molecule has 2 unspecified atom stereocenters. The molecule has 1 aromatic heterocycles. The average Bonchev–Trinajstić information content (AvgIpc) is 2.85.